The zero-order valence-electron chi connectivity index (χ0n) is 24.6. The van der Waals surface area contributed by atoms with Gasteiger partial charge in [-0.3, -0.25) is 9.59 Å². The van der Waals surface area contributed by atoms with Crippen molar-refractivity contribution in [1.29, 1.82) is 0 Å². The molecular weight excluding hydrogens is 552 g/mol. The Morgan fingerprint density at radius 2 is 1.14 bits per heavy atom. The largest absolute Gasteiger partial charge is 0.465 e. The van der Waals surface area contributed by atoms with Crippen molar-refractivity contribution < 1.29 is 43.1 Å². The van der Waals surface area contributed by atoms with Gasteiger partial charge in [-0.05, 0) is 30.5 Å². The molecule has 1 N–H and O–H groups in total. The Hall–Kier alpha value is -3.60. The van der Waals surface area contributed by atoms with Gasteiger partial charge in [-0.15, -0.1) is 0 Å². The highest BCUT2D eigenvalue weighted by atomic mass is 16.6. The molecule has 9 nitrogen and oxygen atoms in total. The molecule has 1 saturated heterocycles. The standard InChI is InChI=1S/C34H40O9/c1-3-39-33(36)28(34(37)40-4-2)31-29(35)32(42-22-26-18-12-7-13-19-26)30(41-21-25-16-10-6-11-17-25)27(43-31)23-38-20-24-14-8-5-9-15-24/h5-19,27-32,35H,3-4,20-23H2,1-2H3/t27-,29-,30+,31-,32-/m1/s1. The van der Waals surface area contributed by atoms with Crippen LogP contribution in [0.2, 0.25) is 0 Å². The zero-order valence-corrected chi connectivity index (χ0v) is 24.6. The van der Waals surface area contributed by atoms with E-state index in [0.29, 0.717) is 6.61 Å². The SMILES string of the molecule is CCOC(=O)C(C(=O)OCC)[C@H]1O[C@H](COCc2ccccc2)[C@H](OCc2ccccc2)[C@H](OCc2ccccc2)[C@@H]1O. The number of carbonyl (C=O) groups excluding carboxylic acids is 2. The van der Waals surface area contributed by atoms with Crippen LogP contribution in [0.4, 0.5) is 0 Å². The van der Waals surface area contributed by atoms with Crippen LogP contribution >= 0.6 is 0 Å². The van der Waals surface area contributed by atoms with Crippen molar-refractivity contribution >= 4 is 11.9 Å². The minimum absolute atomic E-state index is 0.0396. The minimum atomic E-state index is -1.54. The summed E-state index contributed by atoms with van der Waals surface area (Å²) in [5.41, 5.74) is 2.76. The van der Waals surface area contributed by atoms with Crippen LogP contribution < -0.4 is 0 Å². The molecule has 5 atom stereocenters. The molecule has 0 spiro atoms. The number of hydrogen-bond acceptors (Lipinski definition) is 9. The number of ether oxygens (including phenoxy) is 6. The van der Waals surface area contributed by atoms with Gasteiger partial charge in [0.1, 0.15) is 30.5 Å². The first-order valence-electron chi connectivity index (χ1n) is 14.6. The van der Waals surface area contributed by atoms with E-state index in [-0.39, 0.29) is 33.0 Å². The quantitative estimate of drug-likeness (QED) is 0.205. The number of carbonyl (C=O) groups is 2. The Balaban J connectivity index is 1.65. The molecule has 0 bridgehead atoms. The molecule has 43 heavy (non-hydrogen) atoms. The zero-order chi connectivity index (χ0) is 30.4. The van der Waals surface area contributed by atoms with E-state index in [1.807, 2.05) is 91.0 Å². The fourth-order valence-corrected chi connectivity index (χ4v) is 4.99. The number of benzene rings is 3. The van der Waals surface area contributed by atoms with E-state index in [1.165, 1.54) is 0 Å². The highest BCUT2D eigenvalue weighted by Gasteiger charge is 2.53. The van der Waals surface area contributed by atoms with Crippen LogP contribution in [0, 0.1) is 5.92 Å². The molecule has 0 aliphatic carbocycles. The molecule has 230 valence electrons. The Bertz CT molecular complexity index is 1220. The average molecular weight is 593 g/mol. The second-order valence-electron chi connectivity index (χ2n) is 10.1. The van der Waals surface area contributed by atoms with Gasteiger partial charge in [-0.25, -0.2) is 0 Å². The average Bonchev–Trinajstić information content (AvgIpc) is 3.03. The third-order valence-corrected chi connectivity index (χ3v) is 7.07. The maximum atomic E-state index is 13.1. The van der Waals surface area contributed by atoms with Gasteiger partial charge < -0.3 is 33.5 Å². The molecule has 3 aromatic rings. The summed E-state index contributed by atoms with van der Waals surface area (Å²) in [5.74, 6) is -3.23. The molecule has 0 radical (unpaired) electrons. The van der Waals surface area contributed by atoms with Crippen molar-refractivity contribution in [3.05, 3.63) is 108 Å². The van der Waals surface area contributed by atoms with E-state index < -0.39 is 48.4 Å². The first kappa shape index (κ1) is 32.3. The molecule has 3 aromatic carbocycles. The summed E-state index contributed by atoms with van der Waals surface area (Å²) in [6.45, 7) is 4.06. The van der Waals surface area contributed by atoms with Crippen LogP contribution in [0.3, 0.4) is 0 Å². The van der Waals surface area contributed by atoms with Crippen molar-refractivity contribution in [3.63, 3.8) is 0 Å². The number of hydrogen-bond donors (Lipinski definition) is 1. The van der Waals surface area contributed by atoms with Crippen LogP contribution in [0.25, 0.3) is 0 Å². The lowest BCUT2D eigenvalue weighted by molar-refractivity contribution is -0.270. The first-order chi connectivity index (χ1) is 21.0. The monoisotopic (exact) mass is 592 g/mol. The van der Waals surface area contributed by atoms with Crippen molar-refractivity contribution in [2.24, 2.45) is 5.92 Å². The predicted octanol–water partition coefficient (Wildman–Crippen LogP) is 4.24. The molecular formula is C34H40O9. The van der Waals surface area contributed by atoms with Gasteiger partial charge in [-0.1, -0.05) is 91.0 Å². The van der Waals surface area contributed by atoms with E-state index in [9.17, 15) is 14.7 Å². The van der Waals surface area contributed by atoms with Crippen molar-refractivity contribution in [2.45, 2.75) is 64.2 Å². The summed E-state index contributed by atoms with van der Waals surface area (Å²) in [7, 11) is 0. The van der Waals surface area contributed by atoms with Crippen LogP contribution in [0.15, 0.2) is 91.0 Å². The summed E-state index contributed by atoms with van der Waals surface area (Å²) in [6, 6.07) is 28.8. The maximum Gasteiger partial charge on any atom is 0.323 e. The Morgan fingerprint density at radius 3 is 1.60 bits per heavy atom. The summed E-state index contributed by atoms with van der Waals surface area (Å²) in [4.78, 5) is 26.1. The van der Waals surface area contributed by atoms with Gasteiger partial charge in [-0.2, -0.15) is 0 Å². The fraction of sp³-hybridized carbons (Fsp3) is 0.412. The highest BCUT2D eigenvalue weighted by Crippen LogP contribution is 2.33. The summed E-state index contributed by atoms with van der Waals surface area (Å²) >= 11 is 0. The minimum Gasteiger partial charge on any atom is -0.465 e. The van der Waals surface area contributed by atoms with Crippen LogP contribution in [-0.2, 0) is 57.8 Å². The highest BCUT2D eigenvalue weighted by molar-refractivity contribution is 5.95. The van der Waals surface area contributed by atoms with E-state index >= 15 is 0 Å². The number of esters is 2. The van der Waals surface area contributed by atoms with Crippen molar-refractivity contribution in [3.8, 4) is 0 Å². The Kier molecular flexibility index (Phi) is 12.7. The van der Waals surface area contributed by atoms with Gasteiger partial charge in [0, 0.05) is 0 Å². The predicted molar refractivity (Wildman–Crippen MR) is 158 cm³/mol. The first-order valence-corrected chi connectivity index (χ1v) is 14.6. The lowest BCUT2D eigenvalue weighted by Crippen LogP contribution is -2.63. The summed E-state index contributed by atoms with van der Waals surface area (Å²) in [6.07, 6.45) is -5.38. The van der Waals surface area contributed by atoms with Crippen LogP contribution in [0.5, 0.6) is 0 Å². The van der Waals surface area contributed by atoms with Crippen LogP contribution in [-0.4, -0.2) is 67.4 Å². The van der Waals surface area contributed by atoms with Gasteiger partial charge in [0.15, 0.2) is 5.92 Å². The van der Waals surface area contributed by atoms with Crippen LogP contribution in [0.1, 0.15) is 30.5 Å². The van der Waals surface area contributed by atoms with E-state index in [2.05, 4.69) is 0 Å². The van der Waals surface area contributed by atoms with Crippen molar-refractivity contribution in [1.82, 2.24) is 0 Å². The molecule has 1 aliphatic rings. The lowest BCUT2D eigenvalue weighted by Gasteiger charge is -2.45. The number of rotatable bonds is 15. The maximum absolute atomic E-state index is 13.1. The topological polar surface area (TPSA) is 110 Å². The number of aliphatic hydroxyl groups is 1. The molecule has 1 heterocycles. The van der Waals surface area contributed by atoms with Gasteiger partial charge in [0.2, 0.25) is 0 Å². The third kappa shape index (κ3) is 9.19. The smallest absolute Gasteiger partial charge is 0.323 e. The lowest BCUT2D eigenvalue weighted by atomic mass is 9.87. The Labute approximate surface area is 252 Å². The van der Waals surface area contributed by atoms with E-state index in [4.69, 9.17) is 28.4 Å². The molecule has 0 aromatic heterocycles. The van der Waals surface area contributed by atoms with Crippen molar-refractivity contribution in [2.75, 3.05) is 19.8 Å². The Morgan fingerprint density at radius 1 is 0.698 bits per heavy atom. The molecule has 0 saturated carbocycles. The number of aliphatic hydroxyl groups excluding tert-OH is 1. The van der Waals surface area contributed by atoms with E-state index in [0.717, 1.165) is 16.7 Å². The van der Waals surface area contributed by atoms with Gasteiger partial charge >= 0.3 is 11.9 Å². The molecule has 1 fully saturated rings. The summed E-state index contributed by atoms with van der Waals surface area (Å²) in [5, 5.41) is 11.7. The molecule has 4 rings (SSSR count). The fourth-order valence-electron chi connectivity index (χ4n) is 4.99. The van der Waals surface area contributed by atoms with Gasteiger partial charge in [0.05, 0.1) is 39.6 Å². The summed E-state index contributed by atoms with van der Waals surface area (Å²) < 4.78 is 35.5. The molecule has 0 unspecified atom stereocenters. The third-order valence-electron chi connectivity index (χ3n) is 7.07. The normalized spacial score (nSPS) is 21.8. The second kappa shape index (κ2) is 16.9. The molecule has 1 aliphatic heterocycles. The van der Waals surface area contributed by atoms with Gasteiger partial charge in [0.25, 0.3) is 0 Å². The molecule has 0 amide bonds. The second-order valence-corrected chi connectivity index (χ2v) is 10.1. The molecule has 9 heteroatoms. The van der Waals surface area contributed by atoms with E-state index in [1.54, 1.807) is 13.8 Å².